The molecule has 0 aromatic heterocycles. The lowest BCUT2D eigenvalue weighted by molar-refractivity contribution is 0.312. The Balaban J connectivity index is 2.20. The van der Waals surface area contributed by atoms with Gasteiger partial charge in [-0.3, -0.25) is 0 Å². The van der Waals surface area contributed by atoms with Crippen LogP contribution >= 0.6 is 0 Å². The number of nitrogens with zero attached hydrogens (tertiary/aromatic N) is 1. The van der Waals surface area contributed by atoms with Crippen LogP contribution in [-0.2, 0) is 10.0 Å². The summed E-state index contributed by atoms with van der Waals surface area (Å²) in [6.07, 6.45) is 3.13. The standard InChI is InChI=1S/C13H29N3O2S/c1-12(2)14-7-6-10-19(17,18)15-13(3)11-16-8-4-5-9-16/h12-15H,4-11H2,1-3H3. The van der Waals surface area contributed by atoms with Crippen LogP contribution in [-0.4, -0.2) is 57.3 Å². The van der Waals surface area contributed by atoms with Gasteiger partial charge >= 0.3 is 0 Å². The molecule has 0 aromatic carbocycles. The molecule has 19 heavy (non-hydrogen) atoms. The van der Waals surface area contributed by atoms with Crippen molar-refractivity contribution in [2.24, 2.45) is 0 Å². The van der Waals surface area contributed by atoms with Crippen molar-refractivity contribution in [3.63, 3.8) is 0 Å². The summed E-state index contributed by atoms with van der Waals surface area (Å²) in [7, 11) is -3.14. The molecule has 114 valence electrons. The minimum Gasteiger partial charge on any atom is -0.314 e. The maximum Gasteiger partial charge on any atom is 0.211 e. The van der Waals surface area contributed by atoms with Gasteiger partial charge in [0.2, 0.25) is 10.0 Å². The molecule has 1 aliphatic heterocycles. The van der Waals surface area contributed by atoms with E-state index in [1.807, 2.05) is 6.92 Å². The van der Waals surface area contributed by atoms with Gasteiger partial charge < -0.3 is 10.2 Å². The van der Waals surface area contributed by atoms with E-state index in [-0.39, 0.29) is 11.8 Å². The second kappa shape index (κ2) is 8.19. The van der Waals surface area contributed by atoms with E-state index in [2.05, 4.69) is 28.8 Å². The molecule has 1 fully saturated rings. The van der Waals surface area contributed by atoms with Crippen LogP contribution in [0, 0.1) is 0 Å². The van der Waals surface area contributed by atoms with Crippen LogP contribution in [0.4, 0.5) is 0 Å². The Morgan fingerprint density at radius 2 is 1.79 bits per heavy atom. The summed E-state index contributed by atoms with van der Waals surface area (Å²) in [5.41, 5.74) is 0. The number of nitrogens with one attached hydrogen (secondary N) is 2. The summed E-state index contributed by atoms with van der Waals surface area (Å²) in [6.45, 7) is 9.84. The first-order chi connectivity index (χ1) is 8.89. The smallest absolute Gasteiger partial charge is 0.211 e. The number of hydrogen-bond donors (Lipinski definition) is 2. The van der Waals surface area contributed by atoms with Gasteiger partial charge in [-0.2, -0.15) is 0 Å². The molecule has 1 unspecified atom stereocenters. The Hall–Kier alpha value is -0.170. The fourth-order valence-electron chi connectivity index (χ4n) is 2.41. The first kappa shape index (κ1) is 16.9. The van der Waals surface area contributed by atoms with Crippen LogP contribution in [0.1, 0.15) is 40.0 Å². The number of likely N-dealkylation sites (tertiary alicyclic amines) is 1. The van der Waals surface area contributed by atoms with Crippen molar-refractivity contribution in [1.29, 1.82) is 0 Å². The molecule has 1 aliphatic rings. The third-order valence-corrected chi connectivity index (χ3v) is 4.84. The summed E-state index contributed by atoms with van der Waals surface area (Å²) in [4.78, 5) is 2.33. The van der Waals surface area contributed by atoms with Crippen molar-refractivity contribution in [3.05, 3.63) is 0 Å². The highest BCUT2D eigenvalue weighted by molar-refractivity contribution is 7.89. The van der Waals surface area contributed by atoms with Crippen LogP contribution in [0.3, 0.4) is 0 Å². The molecule has 0 radical (unpaired) electrons. The molecule has 1 rings (SSSR count). The van der Waals surface area contributed by atoms with Crippen molar-refractivity contribution in [3.8, 4) is 0 Å². The Morgan fingerprint density at radius 1 is 1.16 bits per heavy atom. The lowest BCUT2D eigenvalue weighted by atomic mass is 10.3. The maximum atomic E-state index is 11.9. The molecule has 6 heteroatoms. The Bertz CT molecular complexity index is 338. The van der Waals surface area contributed by atoms with E-state index in [4.69, 9.17) is 0 Å². The van der Waals surface area contributed by atoms with Crippen LogP contribution in [0.25, 0.3) is 0 Å². The van der Waals surface area contributed by atoms with E-state index >= 15 is 0 Å². The molecule has 0 aliphatic carbocycles. The normalized spacial score (nSPS) is 19.2. The first-order valence-corrected chi connectivity index (χ1v) is 9.00. The zero-order valence-corrected chi connectivity index (χ0v) is 13.3. The minimum atomic E-state index is -3.14. The zero-order valence-electron chi connectivity index (χ0n) is 12.5. The highest BCUT2D eigenvalue weighted by Gasteiger charge is 2.18. The molecule has 0 amide bonds. The molecule has 1 atom stereocenters. The van der Waals surface area contributed by atoms with Crippen LogP contribution in [0.2, 0.25) is 0 Å². The lowest BCUT2D eigenvalue weighted by Crippen LogP contribution is -2.42. The van der Waals surface area contributed by atoms with Crippen molar-refractivity contribution >= 4 is 10.0 Å². The van der Waals surface area contributed by atoms with Gasteiger partial charge in [0.05, 0.1) is 5.75 Å². The van der Waals surface area contributed by atoms with Crippen LogP contribution in [0.15, 0.2) is 0 Å². The van der Waals surface area contributed by atoms with Crippen LogP contribution < -0.4 is 10.0 Å². The predicted molar refractivity (Wildman–Crippen MR) is 79.8 cm³/mol. The van der Waals surface area contributed by atoms with Crippen molar-refractivity contribution < 1.29 is 8.42 Å². The molecule has 0 spiro atoms. The highest BCUT2D eigenvalue weighted by atomic mass is 32.2. The van der Waals surface area contributed by atoms with E-state index in [1.165, 1.54) is 12.8 Å². The molecule has 1 heterocycles. The van der Waals surface area contributed by atoms with Gasteiger partial charge in [-0.25, -0.2) is 13.1 Å². The summed E-state index contributed by atoms with van der Waals surface area (Å²) in [5, 5.41) is 3.23. The molecule has 0 aromatic rings. The zero-order chi connectivity index (χ0) is 14.3. The number of sulfonamides is 1. The minimum absolute atomic E-state index is 0.00107. The van der Waals surface area contributed by atoms with E-state index in [1.54, 1.807) is 0 Å². The van der Waals surface area contributed by atoms with Gasteiger partial charge in [-0.1, -0.05) is 13.8 Å². The third kappa shape index (κ3) is 7.87. The van der Waals surface area contributed by atoms with Crippen molar-refractivity contribution in [2.45, 2.75) is 52.1 Å². The van der Waals surface area contributed by atoms with E-state index in [0.717, 1.165) is 26.2 Å². The molecule has 0 bridgehead atoms. The SMILES string of the molecule is CC(C)NCCCS(=O)(=O)NC(C)CN1CCCC1. The Kier molecular flexibility index (Phi) is 7.28. The van der Waals surface area contributed by atoms with Gasteiger partial charge in [0, 0.05) is 18.6 Å². The van der Waals surface area contributed by atoms with Crippen molar-refractivity contribution in [2.75, 3.05) is 31.9 Å². The van der Waals surface area contributed by atoms with E-state index < -0.39 is 10.0 Å². The van der Waals surface area contributed by atoms with E-state index in [9.17, 15) is 8.42 Å². The van der Waals surface area contributed by atoms with E-state index in [0.29, 0.717) is 12.5 Å². The van der Waals surface area contributed by atoms with Gasteiger partial charge in [0.15, 0.2) is 0 Å². The lowest BCUT2D eigenvalue weighted by Gasteiger charge is -2.21. The van der Waals surface area contributed by atoms with Gasteiger partial charge in [0.25, 0.3) is 0 Å². The van der Waals surface area contributed by atoms with Gasteiger partial charge in [-0.05, 0) is 45.8 Å². The first-order valence-electron chi connectivity index (χ1n) is 7.35. The Labute approximate surface area is 118 Å². The second-order valence-electron chi connectivity index (χ2n) is 5.81. The molecule has 0 saturated carbocycles. The highest BCUT2D eigenvalue weighted by Crippen LogP contribution is 2.07. The largest absolute Gasteiger partial charge is 0.314 e. The maximum absolute atomic E-state index is 11.9. The predicted octanol–water partition coefficient (Wildman–Crippen LogP) is 0.778. The summed E-state index contributed by atoms with van der Waals surface area (Å²) < 4.78 is 26.6. The quantitative estimate of drug-likeness (QED) is 0.616. The third-order valence-electron chi connectivity index (χ3n) is 3.25. The van der Waals surface area contributed by atoms with Gasteiger partial charge in [-0.15, -0.1) is 0 Å². The monoisotopic (exact) mass is 291 g/mol. The summed E-state index contributed by atoms with van der Waals surface area (Å²) in [5.74, 6) is 0.205. The average Bonchev–Trinajstić information content (AvgIpc) is 2.76. The number of rotatable bonds is 9. The topological polar surface area (TPSA) is 61.4 Å². The molecule has 5 nitrogen and oxygen atoms in total. The number of hydrogen-bond acceptors (Lipinski definition) is 4. The van der Waals surface area contributed by atoms with Crippen molar-refractivity contribution in [1.82, 2.24) is 14.9 Å². The van der Waals surface area contributed by atoms with Gasteiger partial charge in [0.1, 0.15) is 0 Å². The molecule has 2 N–H and O–H groups in total. The Morgan fingerprint density at radius 3 is 2.37 bits per heavy atom. The fraction of sp³-hybridized carbons (Fsp3) is 1.00. The van der Waals surface area contributed by atoms with Crippen LogP contribution in [0.5, 0.6) is 0 Å². The summed E-state index contributed by atoms with van der Waals surface area (Å²) in [6, 6.07) is 0.408. The second-order valence-corrected chi connectivity index (χ2v) is 7.68. The summed E-state index contributed by atoms with van der Waals surface area (Å²) >= 11 is 0. The molecular weight excluding hydrogens is 262 g/mol. The molecular formula is C13H29N3O2S. The molecule has 1 saturated heterocycles. The fourth-order valence-corrected chi connectivity index (χ4v) is 3.74. The average molecular weight is 291 g/mol.